The van der Waals surface area contributed by atoms with E-state index in [0.29, 0.717) is 16.3 Å². The Balaban J connectivity index is 1.86. The number of hydrogen-bond donors (Lipinski definition) is 1. The third-order valence-electron chi connectivity index (χ3n) is 3.77. The van der Waals surface area contributed by atoms with Crippen molar-refractivity contribution in [3.63, 3.8) is 0 Å². The number of amides is 1. The summed E-state index contributed by atoms with van der Waals surface area (Å²) in [5.74, 6) is 0.0302. The van der Waals surface area contributed by atoms with E-state index in [2.05, 4.69) is 15.4 Å². The fourth-order valence-electron chi connectivity index (χ4n) is 2.63. The van der Waals surface area contributed by atoms with Gasteiger partial charge in [0.05, 0.1) is 16.8 Å². The maximum Gasteiger partial charge on any atom is 0.274 e. The number of hydrogen-bond acceptors (Lipinski definition) is 4. The zero-order valence-corrected chi connectivity index (χ0v) is 14.3. The minimum absolute atomic E-state index is 0.205. The van der Waals surface area contributed by atoms with Crippen LogP contribution in [0.1, 0.15) is 34.7 Å². The van der Waals surface area contributed by atoms with E-state index in [1.807, 2.05) is 39.2 Å². The van der Waals surface area contributed by atoms with Gasteiger partial charge in [0, 0.05) is 24.4 Å². The van der Waals surface area contributed by atoms with Crippen LogP contribution < -0.4 is 5.32 Å². The van der Waals surface area contributed by atoms with Gasteiger partial charge in [-0.25, -0.2) is 4.98 Å². The van der Waals surface area contributed by atoms with Crippen molar-refractivity contribution in [1.29, 1.82) is 0 Å². The summed E-state index contributed by atoms with van der Waals surface area (Å²) in [5.41, 5.74) is 2.66. The largest absolute Gasteiger partial charge is 0.443 e. The van der Waals surface area contributed by atoms with Crippen LogP contribution in [-0.2, 0) is 7.05 Å². The summed E-state index contributed by atoms with van der Waals surface area (Å²) in [5, 5.41) is 7.72. The highest BCUT2D eigenvalue weighted by Gasteiger charge is 2.22. The van der Waals surface area contributed by atoms with E-state index < -0.39 is 0 Å². The van der Waals surface area contributed by atoms with Crippen LogP contribution >= 0.6 is 11.6 Å². The molecule has 0 fully saturated rings. The van der Waals surface area contributed by atoms with Gasteiger partial charge in [-0.05, 0) is 26.0 Å². The predicted molar refractivity (Wildman–Crippen MR) is 90.8 cm³/mol. The summed E-state index contributed by atoms with van der Waals surface area (Å²) in [4.78, 5) is 16.7. The summed E-state index contributed by atoms with van der Waals surface area (Å²) < 4.78 is 7.12. The topological polar surface area (TPSA) is 73.0 Å². The Morgan fingerprint density at radius 3 is 2.79 bits per heavy atom. The zero-order chi connectivity index (χ0) is 17.3. The molecule has 0 spiro atoms. The van der Waals surface area contributed by atoms with Crippen LogP contribution in [0, 0.1) is 6.92 Å². The molecule has 7 heteroatoms. The zero-order valence-electron chi connectivity index (χ0n) is 13.6. The number of nitrogens with zero attached hydrogens (tertiary/aromatic N) is 3. The minimum Gasteiger partial charge on any atom is -0.443 e. The molecule has 2 aromatic heterocycles. The van der Waals surface area contributed by atoms with E-state index >= 15 is 0 Å². The SMILES string of the molecule is Cc1nn(C)cc1C(C)NC(=O)c1ncoc1-c1ccccc1Cl. The molecule has 0 aliphatic carbocycles. The highest BCUT2D eigenvalue weighted by atomic mass is 35.5. The lowest BCUT2D eigenvalue weighted by Gasteiger charge is -2.12. The molecule has 6 nitrogen and oxygen atoms in total. The third-order valence-corrected chi connectivity index (χ3v) is 4.10. The van der Waals surface area contributed by atoms with Crippen LogP contribution in [0.4, 0.5) is 0 Å². The highest BCUT2D eigenvalue weighted by molar-refractivity contribution is 6.33. The number of aromatic nitrogens is 3. The quantitative estimate of drug-likeness (QED) is 0.785. The molecule has 0 bridgehead atoms. The van der Waals surface area contributed by atoms with Gasteiger partial charge >= 0.3 is 0 Å². The summed E-state index contributed by atoms with van der Waals surface area (Å²) in [7, 11) is 1.85. The Morgan fingerprint density at radius 1 is 1.38 bits per heavy atom. The van der Waals surface area contributed by atoms with Gasteiger partial charge in [-0.3, -0.25) is 9.48 Å². The number of halogens is 1. The van der Waals surface area contributed by atoms with Gasteiger partial charge in [0.1, 0.15) is 0 Å². The second-order valence-corrected chi connectivity index (χ2v) is 5.96. The van der Waals surface area contributed by atoms with Crippen molar-refractivity contribution in [2.24, 2.45) is 7.05 Å². The molecule has 3 aromatic rings. The fraction of sp³-hybridized carbons (Fsp3) is 0.235. The summed E-state index contributed by atoms with van der Waals surface area (Å²) in [6, 6.07) is 6.96. The average Bonchev–Trinajstić information content (AvgIpc) is 3.14. The first kappa shape index (κ1) is 16.3. The monoisotopic (exact) mass is 344 g/mol. The van der Waals surface area contributed by atoms with Crippen molar-refractivity contribution in [2.45, 2.75) is 19.9 Å². The molecule has 24 heavy (non-hydrogen) atoms. The molecule has 1 amide bonds. The van der Waals surface area contributed by atoms with Crippen LogP contribution in [0.5, 0.6) is 0 Å². The Morgan fingerprint density at radius 2 is 2.12 bits per heavy atom. The second-order valence-electron chi connectivity index (χ2n) is 5.55. The van der Waals surface area contributed by atoms with Gasteiger partial charge in [-0.15, -0.1) is 0 Å². The molecule has 1 N–H and O–H groups in total. The maximum atomic E-state index is 12.6. The van der Waals surface area contributed by atoms with Gasteiger partial charge in [-0.2, -0.15) is 5.10 Å². The van der Waals surface area contributed by atoms with Gasteiger partial charge in [0.15, 0.2) is 17.8 Å². The molecule has 0 radical (unpaired) electrons. The fourth-order valence-corrected chi connectivity index (χ4v) is 2.85. The summed E-state index contributed by atoms with van der Waals surface area (Å²) >= 11 is 6.19. The molecule has 0 saturated carbocycles. The molecule has 1 atom stereocenters. The molecule has 0 aliphatic heterocycles. The molecule has 2 heterocycles. The van der Waals surface area contributed by atoms with Crippen LogP contribution in [0.25, 0.3) is 11.3 Å². The van der Waals surface area contributed by atoms with E-state index in [9.17, 15) is 4.79 Å². The van der Waals surface area contributed by atoms with E-state index in [1.165, 1.54) is 6.39 Å². The third kappa shape index (κ3) is 3.05. The van der Waals surface area contributed by atoms with E-state index in [4.69, 9.17) is 16.0 Å². The standard InChI is InChI=1S/C17H17ClN4O2/c1-10(13-8-22(3)21-11(13)2)20-17(23)15-16(24-9-19-15)12-6-4-5-7-14(12)18/h4-10H,1-3H3,(H,20,23). The van der Waals surface area contributed by atoms with Crippen molar-refractivity contribution in [1.82, 2.24) is 20.1 Å². The Hall–Kier alpha value is -2.60. The van der Waals surface area contributed by atoms with E-state index in [-0.39, 0.29) is 17.6 Å². The lowest BCUT2D eigenvalue weighted by molar-refractivity contribution is 0.0935. The van der Waals surface area contributed by atoms with Crippen LogP contribution in [0.2, 0.25) is 5.02 Å². The lowest BCUT2D eigenvalue weighted by atomic mass is 10.1. The molecular formula is C17H17ClN4O2. The second kappa shape index (κ2) is 6.49. The molecule has 1 aromatic carbocycles. The average molecular weight is 345 g/mol. The Kier molecular flexibility index (Phi) is 4.40. The number of benzene rings is 1. The minimum atomic E-state index is -0.325. The first-order valence-corrected chi connectivity index (χ1v) is 7.84. The van der Waals surface area contributed by atoms with Crippen molar-refractivity contribution in [2.75, 3.05) is 0 Å². The van der Waals surface area contributed by atoms with Gasteiger partial charge in [0.25, 0.3) is 5.91 Å². The van der Waals surface area contributed by atoms with Crippen LogP contribution in [0.3, 0.4) is 0 Å². The molecule has 0 saturated heterocycles. The molecular weight excluding hydrogens is 328 g/mol. The highest BCUT2D eigenvalue weighted by Crippen LogP contribution is 2.30. The lowest BCUT2D eigenvalue weighted by Crippen LogP contribution is -2.27. The summed E-state index contributed by atoms with van der Waals surface area (Å²) in [6.45, 7) is 3.81. The number of carbonyl (C=O) groups is 1. The maximum absolute atomic E-state index is 12.6. The smallest absolute Gasteiger partial charge is 0.274 e. The van der Waals surface area contributed by atoms with Gasteiger partial charge < -0.3 is 9.73 Å². The van der Waals surface area contributed by atoms with Crippen molar-refractivity contribution in [3.8, 4) is 11.3 Å². The first-order valence-electron chi connectivity index (χ1n) is 7.46. The number of nitrogens with one attached hydrogen (secondary N) is 1. The van der Waals surface area contributed by atoms with Crippen molar-refractivity contribution < 1.29 is 9.21 Å². The molecule has 1 unspecified atom stereocenters. The number of carbonyl (C=O) groups excluding carboxylic acids is 1. The number of oxazole rings is 1. The molecule has 124 valence electrons. The van der Waals surface area contributed by atoms with Crippen molar-refractivity contribution >= 4 is 17.5 Å². The summed E-state index contributed by atoms with van der Waals surface area (Å²) in [6.07, 6.45) is 3.13. The predicted octanol–water partition coefficient (Wildman–Crippen LogP) is 3.53. The van der Waals surface area contributed by atoms with Gasteiger partial charge in [0.2, 0.25) is 0 Å². The molecule has 3 rings (SSSR count). The Labute approximate surface area is 144 Å². The first-order chi connectivity index (χ1) is 11.5. The van der Waals surface area contributed by atoms with Gasteiger partial charge in [-0.1, -0.05) is 23.7 Å². The number of rotatable bonds is 4. The van der Waals surface area contributed by atoms with Crippen molar-refractivity contribution in [3.05, 3.63) is 58.8 Å². The van der Waals surface area contributed by atoms with E-state index in [1.54, 1.807) is 16.8 Å². The normalized spacial score (nSPS) is 12.2. The Bertz CT molecular complexity index is 884. The number of aryl methyl sites for hydroxylation is 2. The van der Waals surface area contributed by atoms with Crippen LogP contribution in [0.15, 0.2) is 41.3 Å². The molecule has 0 aliphatic rings. The van der Waals surface area contributed by atoms with Crippen LogP contribution in [-0.4, -0.2) is 20.7 Å². The van der Waals surface area contributed by atoms with E-state index in [0.717, 1.165) is 11.3 Å².